The van der Waals surface area contributed by atoms with E-state index < -0.39 is 15.9 Å². The zero-order valence-electron chi connectivity index (χ0n) is 9.07. The molecule has 2 rings (SSSR count). The minimum absolute atomic E-state index is 0.0273. The fraction of sp³-hybridized carbons (Fsp3) is 0.455. The van der Waals surface area contributed by atoms with E-state index in [1.165, 1.54) is 0 Å². The van der Waals surface area contributed by atoms with E-state index in [4.69, 9.17) is 0 Å². The first-order valence-corrected chi connectivity index (χ1v) is 6.98. The number of hydrogen-bond donors (Lipinski definition) is 1. The SMILES string of the molecule is CN(c1ccccc1)C1CS(=O)(=O)CC1O. The summed E-state index contributed by atoms with van der Waals surface area (Å²) in [4.78, 5) is 1.83. The molecule has 1 aromatic rings. The van der Waals surface area contributed by atoms with Crippen molar-refractivity contribution in [2.75, 3.05) is 23.5 Å². The lowest BCUT2D eigenvalue weighted by atomic mass is 10.1. The minimum atomic E-state index is -3.09. The van der Waals surface area contributed by atoms with E-state index in [2.05, 4.69) is 0 Å². The van der Waals surface area contributed by atoms with Crippen LogP contribution in [0.3, 0.4) is 0 Å². The highest BCUT2D eigenvalue weighted by Gasteiger charge is 2.38. The zero-order valence-corrected chi connectivity index (χ0v) is 9.89. The number of benzene rings is 1. The van der Waals surface area contributed by atoms with Gasteiger partial charge < -0.3 is 10.0 Å². The standard InChI is InChI=1S/C11H15NO3S/c1-12(9-5-3-2-4-6-9)10-7-16(14,15)8-11(10)13/h2-6,10-11,13H,7-8H2,1H3. The largest absolute Gasteiger partial charge is 0.390 e. The van der Waals surface area contributed by atoms with E-state index in [9.17, 15) is 13.5 Å². The highest BCUT2D eigenvalue weighted by molar-refractivity contribution is 7.91. The highest BCUT2D eigenvalue weighted by Crippen LogP contribution is 2.22. The highest BCUT2D eigenvalue weighted by atomic mass is 32.2. The lowest BCUT2D eigenvalue weighted by molar-refractivity contribution is 0.180. The van der Waals surface area contributed by atoms with E-state index in [-0.39, 0.29) is 17.5 Å². The molecule has 88 valence electrons. The van der Waals surface area contributed by atoms with Gasteiger partial charge in [0.15, 0.2) is 9.84 Å². The van der Waals surface area contributed by atoms with Crippen LogP contribution in [0.1, 0.15) is 0 Å². The summed E-state index contributed by atoms with van der Waals surface area (Å²) in [7, 11) is -1.28. The van der Waals surface area contributed by atoms with Crippen molar-refractivity contribution in [3.63, 3.8) is 0 Å². The third-order valence-corrected chi connectivity index (χ3v) is 4.65. The van der Waals surface area contributed by atoms with Gasteiger partial charge in [-0.2, -0.15) is 0 Å². The Labute approximate surface area is 95.4 Å². The van der Waals surface area contributed by atoms with Gasteiger partial charge in [0.05, 0.1) is 23.7 Å². The number of aliphatic hydroxyl groups excluding tert-OH is 1. The molecule has 0 saturated carbocycles. The third-order valence-electron chi connectivity index (χ3n) is 2.95. The van der Waals surface area contributed by atoms with Crippen molar-refractivity contribution in [3.8, 4) is 0 Å². The number of anilines is 1. The van der Waals surface area contributed by atoms with Gasteiger partial charge in [-0.15, -0.1) is 0 Å². The molecule has 2 atom stereocenters. The predicted octanol–water partition coefficient (Wildman–Crippen LogP) is 0.281. The van der Waals surface area contributed by atoms with Gasteiger partial charge in [0, 0.05) is 12.7 Å². The van der Waals surface area contributed by atoms with Gasteiger partial charge in [-0.05, 0) is 12.1 Å². The molecule has 2 unspecified atom stereocenters. The molecule has 1 heterocycles. The van der Waals surface area contributed by atoms with E-state index in [1.807, 2.05) is 42.3 Å². The molecule has 1 aromatic carbocycles. The Bertz CT molecular complexity index is 457. The number of para-hydroxylation sites is 1. The number of aliphatic hydroxyl groups is 1. The summed E-state index contributed by atoms with van der Waals surface area (Å²) in [5.74, 6) is -0.103. The molecule has 0 amide bonds. The van der Waals surface area contributed by atoms with Crippen LogP contribution in [0.5, 0.6) is 0 Å². The zero-order chi connectivity index (χ0) is 11.8. The quantitative estimate of drug-likeness (QED) is 0.808. The first kappa shape index (κ1) is 11.4. The molecule has 0 aliphatic carbocycles. The Morgan fingerprint density at radius 3 is 2.38 bits per heavy atom. The van der Waals surface area contributed by atoms with Crippen molar-refractivity contribution >= 4 is 15.5 Å². The van der Waals surface area contributed by atoms with E-state index in [0.717, 1.165) is 5.69 Å². The lowest BCUT2D eigenvalue weighted by Gasteiger charge is -2.27. The molecule has 0 spiro atoms. The summed E-state index contributed by atoms with van der Waals surface area (Å²) in [6, 6.07) is 9.14. The van der Waals surface area contributed by atoms with E-state index in [0.29, 0.717) is 0 Å². The van der Waals surface area contributed by atoms with Crippen molar-refractivity contribution in [1.82, 2.24) is 0 Å². The van der Waals surface area contributed by atoms with E-state index in [1.54, 1.807) is 0 Å². The summed E-state index contributed by atoms with van der Waals surface area (Å²) in [5.41, 5.74) is 0.920. The number of rotatable bonds is 2. The number of likely N-dealkylation sites (N-methyl/N-ethyl adjacent to an activating group) is 1. The number of hydrogen-bond acceptors (Lipinski definition) is 4. The summed E-state index contributed by atoms with van der Waals surface area (Å²) >= 11 is 0. The second kappa shape index (κ2) is 4.07. The first-order valence-electron chi connectivity index (χ1n) is 5.16. The van der Waals surface area contributed by atoms with Crippen molar-refractivity contribution in [3.05, 3.63) is 30.3 Å². The summed E-state index contributed by atoms with van der Waals surface area (Å²) in [6.07, 6.45) is -0.796. The summed E-state index contributed by atoms with van der Waals surface area (Å²) < 4.78 is 22.8. The fourth-order valence-electron chi connectivity index (χ4n) is 2.04. The predicted molar refractivity (Wildman–Crippen MR) is 63.3 cm³/mol. The van der Waals surface area contributed by atoms with Gasteiger partial charge in [-0.1, -0.05) is 18.2 Å². The van der Waals surface area contributed by atoms with Crippen LogP contribution in [0, 0.1) is 0 Å². The Morgan fingerprint density at radius 1 is 1.25 bits per heavy atom. The van der Waals surface area contributed by atoms with Crippen LogP contribution in [0.2, 0.25) is 0 Å². The molecule has 1 N–H and O–H groups in total. The summed E-state index contributed by atoms with van der Waals surface area (Å²) in [6.45, 7) is 0. The molecular formula is C11H15NO3S. The maximum absolute atomic E-state index is 11.4. The van der Waals surface area contributed by atoms with Crippen molar-refractivity contribution in [2.24, 2.45) is 0 Å². The van der Waals surface area contributed by atoms with Gasteiger partial charge in [0.2, 0.25) is 0 Å². The smallest absolute Gasteiger partial charge is 0.155 e. The molecule has 1 aliphatic rings. The van der Waals surface area contributed by atoms with Crippen LogP contribution in [0.4, 0.5) is 5.69 Å². The topological polar surface area (TPSA) is 57.6 Å². The monoisotopic (exact) mass is 241 g/mol. The lowest BCUT2D eigenvalue weighted by Crippen LogP contribution is -2.40. The second-order valence-electron chi connectivity index (χ2n) is 4.16. The van der Waals surface area contributed by atoms with Gasteiger partial charge in [-0.25, -0.2) is 8.42 Å². The van der Waals surface area contributed by atoms with Gasteiger partial charge in [0.25, 0.3) is 0 Å². The minimum Gasteiger partial charge on any atom is -0.390 e. The Hall–Kier alpha value is -1.07. The van der Waals surface area contributed by atoms with Crippen LogP contribution >= 0.6 is 0 Å². The molecule has 0 bridgehead atoms. The van der Waals surface area contributed by atoms with Gasteiger partial charge in [0.1, 0.15) is 0 Å². The molecule has 5 heteroatoms. The second-order valence-corrected chi connectivity index (χ2v) is 6.31. The van der Waals surface area contributed by atoms with Gasteiger partial charge >= 0.3 is 0 Å². The molecule has 1 fully saturated rings. The Kier molecular flexibility index (Phi) is 2.90. The Balaban J connectivity index is 2.21. The molecule has 0 radical (unpaired) electrons. The molecule has 1 aliphatic heterocycles. The van der Waals surface area contributed by atoms with Crippen molar-refractivity contribution < 1.29 is 13.5 Å². The average Bonchev–Trinajstić information content (AvgIpc) is 2.52. The van der Waals surface area contributed by atoms with Crippen molar-refractivity contribution in [1.29, 1.82) is 0 Å². The molecule has 1 saturated heterocycles. The molecule has 16 heavy (non-hydrogen) atoms. The summed E-state index contributed by atoms with van der Waals surface area (Å²) in [5, 5.41) is 9.74. The maximum Gasteiger partial charge on any atom is 0.155 e. The normalized spacial score (nSPS) is 27.9. The van der Waals surface area contributed by atoms with Crippen LogP contribution < -0.4 is 4.90 Å². The van der Waals surface area contributed by atoms with E-state index >= 15 is 0 Å². The third kappa shape index (κ3) is 2.20. The van der Waals surface area contributed by atoms with Crippen molar-refractivity contribution in [2.45, 2.75) is 12.1 Å². The van der Waals surface area contributed by atoms with Crippen LogP contribution in [0.25, 0.3) is 0 Å². The van der Waals surface area contributed by atoms with Crippen LogP contribution in [0.15, 0.2) is 30.3 Å². The number of nitrogens with zero attached hydrogens (tertiary/aromatic N) is 1. The van der Waals surface area contributed by atoms with Crippen LogP contribution in [-0.4, -0.2) is 44.2 Å². The van der Waals surface area contributed by atoms with Crippen LogP contribution in [-0.2, 0) is 9.84 Å². The molecule has 0 aromatic heterocycles. The maximum atomic E-state index is 11.4. The first-order chi connectivity index (χ1) is 7.49. The van der Waals surface area contributed by atoms with Gasteiger partial charge in [-0.3, -0.25) is 0 Å². The fourth-order valence-corrected chi connectivity index (χ4v) is 3.88. The number of sulfone groups is 1. The molecule has 4 nitrogen and oxygen atoms in total. The molecular weight excluding hydrogens is 226 g/mol. The Morgan fingerprint density at radius 2 is 1.88 bits per heavy atom. The average molecular weight is 241 g/mol.